The van der Waals surface area contributed by atoms with E-state index in [0.29, 0.717) is 12.5 Å². The second kappa shape index (κ2) is 6.75. The van der Waals surface area contributed by atoms with Crippen LogP contribution in [0.3, 0.4) is 0 Å². The van der Waals surface area contributed by atoms with E-state index >= 15 is 0 Å². The average Bonchev–Trinajstić information content (AvgIpc) is 2.55. The highest BCUT2D eigenvalue weighted by Crippen LogP contribution is 2.26. The van der Waals surface area contributed by atoms with Gasteiger partial charge in [-0.1, -0.05) is 6.07 Å². The van der Waals surface area contributed by atoms with E-state index in [-0.39, 0.29) is 0 Å². The van der Waals surface area contributed by atoms with Crippen molar-refractivity contribution < 1.29 is 4.74 Å². The predicted molar refractivity (Wildman–Crippen MR) is 93.8 cm³/mol. The van der Waals surface area contributed by atoms with Crippen LogP contribution in [-0.2, 0) is 0 Å². The molecule has 0 radical (unpaired) electrons. The number of benzene rings is 1. The second-order valence-electron chi connectivity index (χ2n) is 5.89. The quantitative estimate of drug-likeness (QED) is 0.722. The van der Waals surface area contributed by atoms with Gasteiger partial charge in [-0.3, -0.25) is 4.98 Å². The van der Waals surface area contributed by atoms with E-state index in [1.165, 1.54) is 10.9 Å². The molecule has 0 aliphatic heterocycles. The number of hydrogen-bond donors (Lipinski definition) is 0. The smallest absolute Gasteiger partial charge is 0.213 e. The summed E-state index contributed by atoms with van der Waals surface area (Å²) in [6, 6.07) is 12.4. The third-order valence-electron chi connectivity index (χ3n) is 3.82. The highest BCUT2D eigenvalue weighted by atomic mass is 16.5. The molecular formula is C19H21N3O. The lowest BCUT2D eigenvalue weighted by Gasteiger charge is -2.11. The third kappa shape index (κ3) is 3.66. The molecule has 0 saturated carbocycles. The van der Waals surface area contributed by atoms with E-state index in [2.05, 4.69) is 40.0 Å². The molecule has 0 aliphatic rings. The van der Waals surface area contributed by atoms with Gasteiger partial charge in [0.25, 0.3) is 0 Å². The zero-order valence-electron chi connectivity index (χ0n) is 13.8. The van der Waals surface area contributed by atoms with Crippen LogP contribution in [0.1, 0.15) is 5.56 Å². The zero-order chi connectivity index (χ0) is 16.2. The summed E-state index contributed by atoms with van der Waals surface area (Å²) >= 11 is 0. The predicted octanol–water partition coefficient (Wildman–Crippen LogP) is 3.55. The first-order valence-corrected chi connectivity index (χ1v) is 7.73. The van der Waals surface area contributed by atoms with E-state index in [0.717, 1.165) is 23.2 Å². The van der Waals surface area contributed by atoms with E-state index in [4.69, 9.17) is 4.74 Å². The van der Waals surface area contributed by atoms with Crippen molar-refractivity contribution in [3.05, 3.63) is 54.4 Å². The molecule has 0 N–H and O–H groups in total. The summed E-state index contributed by atoms with van der Waals surface area (Å²) in [6.45, 7) is 3.60. The molecule has 0 spiro atoms. The van der Waals surface area contributed by atoms with Crippen molar-refractivity contribution in [3.63, 3.8) is 0 Å². The normalized spacial score (nSPS) is 11.1. The fraction of sp³-hybridized carbons (Fsp3) is 0.263. The summed E-state index contributed by atoms with van der Waals surface area (Å²) in [7, 11) is 4.05. The largest absolute Gasteiger partial charge is 0.476 e. The number of hydrogen-bond acceptors (Lipinski definition) is 4. The SMILES string of the molecule is Cc1ccnc2ccc(-c3ccnc(OCCN(C)C)c3)cc12. The summed E-state index contributed by atoms with van der Waals surface area (Å²) in [5.74, 6) is 0.660. The Morgan fingerprint density at radius 2 is 1.74 bits per heavy atom. The molecule has 23 heavy (non-hydrogen) atoms. The lowest BCUT2D eigenvalue weighted by atomic mass is 10.0. The van der Waals surface area contributed by atoms with E-state index in [1.54, 1.807) is 6.20 Å². The summed E-state index contributed by atoms with van der Waals surface area (Å²) in [5.41, 5.74) is 4.50. The summed E-state index contributed by atoms with van der Waals surface area (Å²) in [6.07, 6.45) is 3.64. The van der Waals surface area contributed by atoms with Crippen LogP contribution in [0.25, 0.3) is 22.0 Å². The average molecular weight is 307 g/mol. The van der Waals surface area contributed by atoms with Gasteiger partial charge in [-0.2, -0.15) is 0 Å². The summed E-state index contributed by atoms with van der Waals surface area (Å²) in [4.78, 5) is 10.8. The van der Waals surface area contributed by atoms with E-state index < -0.39 is 0 Å². The first kappa shape index (κ1) is 15.4. The van der Waals surface area contributed by atoms with Gasteiger partial charge in [0.15, 0.2) is 0 Å². The molecule has 2 aromatic heterocycles. The minimum Gasteiger partial charge on any atom is -0.476 e. The van der Waals surface area contributed by atoms with Gasteiger partial charge in [0, 0.05) is 30.4 Å². The van der Waals surface area contributed by atoms with E-state index in [1.807, 2.05) is 38.5 Å². The van der Waals surface area contributed by atoms with Gasteiger partial charge in [-0.25, -0.2) is 4.98 Å². The summed E-state index contributed by atoms with van der Waals surface area (Å²) in [5, 5.41) is 1.18. The molecule has 0 unspecified atom stereocenters. The van der Waals surface area contributed by atoms with Crippen molar-refractivity contribution in [1.82, 2.24) is 14.9 Å². The molecule has 0 amide bonds. The van der Waals surface area contributed by atoms with Gasteiger partial charge >= 0.3 is 0 Å². The maximum Gasteiger partial charge on any atom is 0.213 e. The third-order valence-corrected chi connectivity index (χ3v) is 3.82. The number of nitrogens with zero attached hydrogens (tertiary/aromatic N) is 3. The number of pyridine rings is 2. The van der Waals surface area contributed by atoms with Crippen LogP contribution in [0.4, 0.5) is 0 Å². The number of rotatable bonds is 5. The van der Waals surface area contributed by atoms with Crippen molar-refractivity contribution in [3.8, 4) is 17.0 Å². The lowest BCUT2D eigenvalue weighted by molar-refractivity contribution is 0.254. The number of ether oxygens (including phenoxy) is 1. The fourth-order valence-corrected chi connectivity index (χ4v) is 2.46. The number of aromatic nitrogens is 2. The van der Waals surface area contributed by atoms with E-state index in [9.17, 15) is 0 Å². The number of aryl methyl sites for hydroxylation is 1. The first-order valence-electron chi connectivity index (χ1n) is 7.73. The van der Waals surface area contributed by atoms with Crippen LogP contribution in [0.5, 0.6) is 5.88 Å². The highest BCUT2D eigenvalue weighted by Gasteiger charge is 2.05. The molecule has 4 nitrogen and oxygen atoms in total. The Kier molecular flexibility index (Phi) is 4.53. The highest BCUT2D eigenvalue weighted by molar-refractivity contribution is 5.86. The molecule has 3 aromatic rings. The van der Waals surface area contributed by atoms with Crippen LogP contribution in [0, 0.1) is 6.92 Å². The Hall–Kier alpha value is -2.46. The maximum atomic E-state index is 5.73. The standard InChI is InChI=1S/C19H21N3O/c1-14-6-8-20-18-5-4-15(12-17(14)18)16-7-9-21-19(13-16)23-11-10-22(2)3/h4-9,12-13H,10-11H2,1-3H3. The van der Waals surface area contributed by atoms with Crippen LogP contribution < -0.4 is 4.74 Å². The minimum absolute atomic E-state index is 0.629. The van der Waals surface area contributed by atoms with Crippen LogP contribution in [-0.4, -0.2) is 42.1 Å². The molecule has 4 heteroatoms. The molecule has 3 rings (SSSR count). The maximum absolute atomic E-state index is 5.73. The molecule has 0 atom stereocenters. The van der Waals surface area contributed by atoms with Crippen LogP contribution in [0.15, 0.2) is 48.8 Å². The first-order chi connectivity index (χ1) is 11.1. The molecule has 2 heterocycles. The van der Waals surface area contributed by atoms with Gasteiger partial charge in [0.05, 0.1) is 5.52 Å². The molecule has 0 saturated heterocycles. The van der Waals surface area contributed by atoms with Crippen LogP contribution in [0.2, 0.25) is 0 Å². The Morgan fingerprint density at radius 3 is 2.57 bits per heavy atom. The van der Waals surface area contributed by atoms with Crippen molar-refractivity contribution in [1.29, 1.82) is 0 Å². The Bertz CT molecular complexity index is 815. The topological polar surface area (TPSA) is 38.3 Å². The summed E-state index contributed by atoms with van der Waals surface area (Å²) < 4.78 is 5.73. The van der Waals surface area contributed by atoms with Crippen molar-refractivity contribution in [2.24, 2.45) is 0 Å². The van der Waals surface area contributed by atoms with Crippen LogP contribution >= 0.6 is 0 Å². The van der Waals surface area contributed by atoms with Crippen molar-refractivity contribution in [2.45, 2.75) is 6.92 Å². The Balaban J connectivity index is 1.88. The second-order valence-corrected chi connectivity index (χ2v) is 5.89. The molecule has 0 aliphatic carbocycles. The monoisotopic (exact) mass is 307 g/mol. The minimum atomic E-state index is 0.629. The van der Waals surface area contributed by atoms with Gasteiger partial charge < -0.3 is 9.64 Å². The van der Waals surface area contributed by atoms with Gasteiger partial charge in [-0.15, -0.1) is 0 Å². The fourth-order valence-electron chi connectivity index (χ4n) is 2.46. The number of likely N-dealkylation sites (N-methyl/N-ethyl adjacent to an activating group) is 1. The van der Waals surface area contributed by atoms with Crippen molar-refractivity contribution >= 4 is 10.9 Å². The lowest BCUT2D eigenvalue weighted by Crippen LogP contribution is -2.19. The number of fused-ring (bicyclic) bond motifs is 1. The van der Waals surface area contributed by atoms with Gasteiger partial charge in [0.2, 0.25) is 5.88 Å². The molecule has 0 fully saturated rings. The molecule has 118 valence electrons. The molecule has 0 bridgehead atoms. The van der Waals surface area contributed by atoms with Gasteiger partial charge in [0.1, 0.15) is 6.61 Å². The van der Waals surface area contributed by atoms with Gasteiger partial charge in [-0.05, 0) is 62.0 Å². The molecular weight excluding hydrogens is 286 g/mol. The Morgan fingerprint density at radius 1 is 0.957 bits per heavy atom. The van der Waals surface area contributed by atoms with Crippen molar-refractivity contribution in [2.75, 3.05) is 27.2 Å². The Labute approximate surface area is 136 Å². The molecule has 1 aromatic carbocycles. The zero-order valence-corrected chi connectivity index (χ0v) is 13.8.